The summed E-state index contributed by atoms with van der Waals surface area (Å²) in [5, 5.41) is 14.6. The molecule has 3 aromatic rings. The van der Waals surface area contributed by atoms with Gasteiger partial charge in [-0.25, -0.2) is 0 Å². The van der Waals surface area contributed by atoms with Crippen LogP contribution in [0.3, 0.4) is 0 Å². The number of aryl methyl sites for hydroxylation is 2. The number of rotatable bonds is 6. The number of carbonyl (C=O) groups is 2. The van der Waals surface area contributed by atoms with Gasteiger partial charge in [0.15, 0.2) is 0 Å². The second-order valence-electron chi connectivity index (χ2n) is 5.81. The van der Waals surface area contributed by atoms with E-state index in [1.165, 1.54) is 23.1 Å². The summed E-state index contributed by atoms with van der Waals surface area (Å²) in [6.45, 7) is 3.81. The Morgan fingerprint density at radius 1 is 1.04 bits per heavy atom. The minimum Gasteiger partial charge on any atom is -0.322 e. The molecule has 27 heavy (non-hydrogen) atoms. The zero-order valence-electron chi connectivity index (χ0n) is 14.9. The van der Waals surface area contributed by atoms with Gasteiger partial charge < -0.3 is 5.32 Å². The zero-order chi connectivity index (χ0) is 19.2. The fourth-order valence-electron chi connectivity index (χ4n) is 2.22. The average molecular weight is 399 g/mol. The van der Waals surface area contributed by atoms with E-state index in [4.69, 9.17) is 0 Å². The van der Waals surface area contributed by atoms with Crippen molar-refractivity contribution in [1.82, 2.24) is 10.2 Å². The van der Waals surface area contributed by atoms with Crippen LogP contribution in [0.1, 0.15) is 20.9 Å². The molecule has 0 spiro atoms. The molecule has 0 atom stereocenters. The minimum atomic E-state index is -0.165. The molecule has 138 valence electrons. The SMILES string of the molecule is Cc1ccc(C(=O)Nc2cccc(SCC(=O)Nc3nnc(C)s3)c2)cc1. The summed E-state index contributed by atoms with van der Waals surface area (Å²) in [5.41, 5.74) is 2.39. The van der Waals surface area contributed by atoms with Gasteiger partial charge in [-0.3, -0.25) is 14.9 Å². The van der Waals surface area contributed by atoms with Gasteiger partial charge in [0.25, 0.3) is 5.91 Å². The molecule has 0 fully saturated rings. The fourth-order valence-corrected chi connectivity index (χ4v) is 3.59. The normalized spacial score (nSPS) is 10.4. The van der Waals surface area contributed by atoms with Crippen LogP contribution in [-0.4, -0.2) is 27.8 Å². The van der Waals surface area contributed by atoms with E-state index in [0.717, 1.165) is 15.5 Å². The van der Waals surface area contributed by atoms with Crippen molar-refractivity contribution in [3.63, 3.8) is 0 Å². The Kier molecular flexibility index (Phi) is 6.20. The maximum Gasteiger partial charge on any atom is 0.255 e. The van der Waals surface area contributed by atoms with Crippen LogP contribution < -0.4 is 10.6 Å². The number of thioether (sulfide) groups is 1. The number of aromatic nitrogens is 2. The lowest BCUT2D eigenvalue weighted by molar-refractivity contribution is -0.113. The predicted octanol–water partition coefficient (Wildman–Crippen LogP) is 4.14. The molecule has 1 aromatic heterocycles. The molecule has 0 bridgehead atoms. The molecule has 8 heteroatoms. The Balaban J connectivity index is 1.56. The summed E-state index contributed by atoms with van der Waals surface area (Å²) in [7, 11) is 0. The highest BCUT2D eigenvalue weighted by atomic mass is 32.2. The van der Waals surface area contributed by atoms with Crippen molar-refractivity contribution in [3.05, 3.63) is 64.7 Å². The number of anilines is 2. The van der Waals surface area contributed by atoms with Gasteiger partial charge in [-0.2, -0.15) is 0 Å². The number of carbonyl (C=O) groups excluding carboxylic acids is 2. The molecule has 0 unspecified atom stereocenters. The fraction of sp³-hybridized carbons (Fsp3) is 0.158. The van der Waals surface area contributed by atoms with Crippen LogP contribution in [0, 0.1) is 13.8 Å². The Bertz CT molecular complexity index is 954. The molecule has 6 nitrogen and oxygen atoms in total. The van der Waals surface area contributed by atoms with Gasteiger partial charge in [0, 0.05) is 16.1 Å². The van der Waals surface area contributed by atoms with Gasteiger partial charge in [-0.05, 0) is 44.2 Å². The first-order valence-corrected chi connectivity index (χ1v) is 10.0. The largest absolute Gasteiger partial charge is 0.322 e. The van der Waals surface area contributed by atoms with Crippen molar-refractivity contribution in [2.45, 2.75) is 18.7 Å². The van der Waals surface area contributed by atoms with Gasteiger partial charge in [0.1, 0.15) is 5.01 Å². The van der Waals surface area contributed by atoms with E-state index in [9.17, 15) is 9.59 Å². The van der Waals surface area contributed by atoms with E-state index in [-0.39, 0.29) is 17.6 Å². The van der Waals surface area contributed by atoms with Gasteiger partial charge >= 0.3 is 0 Å². The summed E-state index contributed by atoms with van der Waals surface area (Å²) < 4.78 is 0. The van der Waals surface area contributed by atoms with Crippen LogP contribution in [0.5, 0.6) is 0 Å². The molecule has 1 heterocycles. The Hall–Kier alpha value is -2.71. The predicted molar refractivity (Wildman–Crippen MR) is 110 cm³/mol. The van der Waals surface area contributed by atoms with Gasteiger partial charge in [-0.15, -0.1) is 22.0 Å². The summed E-state index contributed by atoms with van der Waals surface area (Å²) in [4.78, 5) is 25.2. The van der Waals surface area contributed by atoms with E-state index in [1.807, 2.05) is 50.2 Å². The van der Waals surface area contributed by atoms with E-state index in [2.05, 4.69) is 20.8 Å². The maximum absolute atomic E-state index is 12.3. The number of amides is 2. The second-order valence-corrected chi connectivity index (χ2v) is 8.04. The van der Waals surface area contributed by atoms with Crippen molar-refractivity contribution in [2.24, 2.45) is 0 Å². The highest BCUT2D eigenvalue weighted by Gasteiger charge is 2.09. The quantitative estimate of drug-likeness (QED) is 0.610. The monoisotopic (exact) mass is 398 g/mol. The van der Waals surface area contributed by atoms with Crippen LogP contribution >= 0.6 is 23.1 Å². The Labute approximate surface area is 165 Å². The first-order valence-electron chi connectivity index (χ1n) is 8.20. The summed E-state index contributed by atoms with van der Waals surface area (Å²) in [6, 6.07) is 14.8. The molecule has 0 aliphatic carbocycles. The summed E-state index contributed by atoms with van der Waals surface area (Å²) in [6.07, 6.45) is 0. The van der Waals surface area contributed by atoms with Crippen LogP contribution in [0.15, 0.2) is 53.4 Å². The van der Waals surface area contributed by atoms with E-state index >= 15 is 0 Å². The van der Waals surface area contributed by atoms with Crippen LogP contribution in [0.25, 0.3) is 0 Å². The molecule has 3 rings (SSSR count). The third-order valence-corrected chi connectivity index (χ3v) is 5.30. The molecule has 2 N–H and O–H groups in total. The molecule has 2 aromatic carbocycles. The second kappa shape index (κ2) is 8.79. The van der Waals surface area contributed by atoms with Crippen molar-refractivity contribution in [2.75, 3.05) is 16.4 Å². The molecule has 0 radical (unpaired) electrons. The lowest BCUT2D eigenvalue weighted by atomic mass is 10.1. The third-order valence-electron chi connectivity index (χ3n) is 3.55. The highest BCUT2D eigenvalue weighted by Crippen LogP contribution is 2.23. The topological polar surface area (TPSA) is 84.0 Å². The van der Waals surface area contributed by atoms with Crippen LogP contribution in [0.4, 0.5) is 10.8 Å². The van der Waals surface area contributed by atoms with Crippen LogP contribution in [-0.2, 0) is 4.79 Å². The number of hydrogen-bond donors (Lipinski definition) is 2. The van der Waals surface area contributed by atoms with Crippen molar-refractivity contribution in [3.8, 4) is 0 Å². The van der Waals surface area contributed by atoms with Gasteiger partial charge in [0.2, 0.25) is 11.0 Å². The summed E-state index contributed by atoms with van der Waals surface area (Å²) >= 11 is 2.72. The van der Waals surface area contributed by atoms with Crippen molar-refractivity contribution < 1.29 is 9.59 Å². The summed E-state index contributed by atoms with van der Waals surface area (Å²) in [5.74, 6) is -0.0691. The molecular formula is C19H18N4O2S2. The molecular weight excluding hydrogens is 380 g/mol. The lowest BCUT2D eigenvalue weighted by Gasteiger charge is -2.08. The van der Waals surface area contributed by atoms with Gasteiger partial charge in [-0.1, -0.05) is 35.1 Å². The Morgan fingerprint density at radius 2 is 1.81 bits per heavy atom. The molecule has 0 aliphatic rings. The third kappa shape index (κ3) is 5.63. The molecule has 0 aliphatic heterocycles. The maximum atomic E-state index is 12.3. The Morgan fingerprint density at radius 3 is 2.52 bits per heavy atom. The van der Waals surface area contributed by atoms with Crippen molar-refractivity contribution >= 4 is 45.7 Å². The van der Waals surface area contributed by atoms with E-state index in [0.29, 0.717) is 16.4 Å². The van der Waals surface area contributed by atoms with Crippen LogP contribution in [0.2, 0.25) is 0 Å². The average Bonchev–Trinajstić information content (AvgIpc) is 3.05. The molecule has 2 amide bonds. The zero-order valence-corrected chi connectivity index (χ0v) is 16.5. The first-order chi connectivity index (χ1) is 13.0. The molecule has 0 saturated carbocycles. The smallest absolute Gasteiger partial charge is 0.255 e. The van der Waals surface area contributed by atoms with E-state index < -0.39 is 0 Å². The number of hydrogen-bond acceptors (Lipinski definition) is 6. The number of nitrogens with one attached hydrogen (secondary N) is 2. The first kappa shape index (κ1) is 19.1. The van der Waals surface area contributed by atoms with E-state index in [1.54, 1.807) is 12.1 Å². The number of nitrogens with zero attached hydrogens (tertiary/aromatic N) is 2. The number of benzene rings is 2. The van der Waals surface area contributed by atoms with Crippen molar-refractivity contribution in [1.29, 1.82) is 0 Å². The lowest BCUT2D eigenvalue weighted by Crippen LogP contribution is -2.14. The highest BCUT2D eigenvalue weighted by molar-refractivity contribution is 8.00. The van der Waals surface area contributed by atoms with Gasteiger partial charge in [0.05, 0.1) is 5.75 Å². The molecule has 0 saturated heterocycles. The minimum absolute atomic E-state index is 0.148. The standard InChI is InChI=1S/C19H18N4O2S2/c1-12-6-8-14(9-7-12)18(25)20-15-4-3-5-16(10-15)26-11-17(24)21-19-23-22-13(2)27-19/h3-10H,11H2,1-2H3,(H,20,25)(H,21,23,24).